The third-order valence-corrected chi connectivity index (χ3v) is 6.33. The van der Waals surface area contributed by atoms with Crippen molar-refractivity contribution in [1.29, 1.82) is 0 Å². The van der Waals surface area contributed by atoms with Gasteiger partial charge in [-0.25, -0.2) is 0 Å². The molecule has 3 aromatic rings. The van der Waals surface area contributed by atoms with Crippen molar-refractivity contribution in [2.24, 2.45) is 0 Å². The molecule has 0 saturated carbocycles. The molecule has 27 heavy (non-hydrogen) atoms. The first-order valence-corrected chi connectivity index (χ1v) is 10.4. The van der Waals surface area contributed by atoms with Gasteiger partial charge in [-0.3, -0.25) is 9.36 Å². The van der Waals surface area contributed by atoms with Crippen molar-refractivity contribution in [1.82, 2.24) is 14.9 Å². The average Bonchev–Trinajstić information content (AvgIpc) is 3.33. The molecule has 0 radical (unpaired) electrons. The molecule has 6 nitrogen and oxygen atoms in total. The number of benzene rings is 1. The highest BCUT2D eigenvalue weighted by Crippen LogP contribution is 2.39. The van der Waals surface area contributed by atoms with Crippen LogP contribution in [-0.4, -0.2) is 32.9 Å². The van der Waals surface area contributed by atoms with E-state index in [1.807, 2.05) is 12.1 Å². The lowest BCUT2D eigenvalue weighted by atomic mass is 10.1. The van der Waals surface area contributed by atoms with E-state index in [1.165, 1.54) is 16.9 Å². The van der Waals surface area contributed by atoms with Crippen LogP contribution in [0.3, 0.4) is 0 Å². The number of nitrogens with one attached hydrogen (secondary N) is 2. The normalized spacial score (nSPS) is 13.5. The van der Waals surface area contributed by atoms with Gasteiger partial charge in [-0.2, -0.15) is 0 Å². The van der Waals surface area contributed by atoms with E-state index in [0.29, 0.717) is 6.54 Å². The molecule has 7 heteroatoms. The zero-order valence-electron chi connectivity index (χ0n) is 15.3. The second kappa shape index (κ2) is 7.78. The minimum absolute atomic E-state index is 0.00657. The summed E-state index contributed by atoms with van der Waals surface area (Å²) in [5.74, 6) is 0.512. The summed E-state index contributed by atoms with van der Waals surface area (Å²) in [6.45, 7) is 2.39. The Morgan fingerprint density at radius 3 is 2.67 bits per heavy atom. The standard InChI is InChI=1S/C20H25N3O3S/c24-18-14-6-4-7-15(14)19(25)23(18)12-2-1-10-21-11-9-13-5-3-8-16-17(13)27-20(26)22-16/h3,5,8,21,24-25H,1-2,4,6-7,9-12H2,(H,22,26). The summed E-state index contributed by atoms with van der Waals surface area (Å²) in [5.41, 5.74) is 3.99. The molecule has 0 fully saturated rings. The summed E-state index contributed by atoms with van der Waals surface area (Å²) in [4.78, 5) is 14.4. The number of fused-ring (bicyclic) bond motifs is 2. The van der Waals surface area contributed by atoms with Crippen molar-refractivity contribution in [2.45, 2.75) is 45.1 Å². The highest BCUT2D eigenvalue weighted by atomic mass is 32.1. The van der Waals surface area contributed by atoms with Crippen LogP contribution in [0.1, 0.15) is 36.0 Å². The van der Waals surface area contributed by atoms with Gasteiger partial charge in [0.25, 0.3) is 0 Å². The Bertz CT molecular complexity index is 974. The van der Waals surface area contributed by atoms with Crippen LogP contribution >= 0.6 is 11.3 Å². The molecule has 1 aromatic carbocycles. The highest BCUT2D eigenvalue weighted by Gasteiger charge is 2.25. The number of unbranched alkanes of at least 4 members (excludes halogenated alkanes) is 1. The third kappa shape index (κ3) is 3.61. The monoisotopic (exact) mass is 387 g/mol. The maximum atomic E-state index is 11.5. The number of hydrogen-bond donors (Lipinski definition) is 4. The molecule has 0 unspecified atom stereocenters. The number of nitrogens with zero attached hydrogens (tertiary/aromatic N) is 1. The zero-order valence-corrected chi connectivity index (χ0v) is 16.1. The van der Waals surface area contributed by atoms with Crippen LogP contribution < -0.4 is 10.2 Å². The Kier molecular flexibility index (Phi) is 5.22. The van der Waals surface area contributed by atoms with Gasteiger partial charge in [0, 0.05) is 17.7 Å². The van der Waals surface area contributed by atoms with E-state index in [9.17, 15) is 15.0 Å². The summed E-state index contributed by atoms with van der Waals surface area (Å²) in [5, 5.41) is 23.9. The summed E-state index contributed by atoms with van der Waals surface area (Å²) < 4.78 is 2.70. The van der Waals surface area contributed by atoms with Gasteiger partial charge >= 0.3 is 4.87 Å². The molecule has 1 aliphatic carbocycles. The van der Waals surface area contributed by atoms with Gasteiger partial charge in [-0.05, 0) is 63.2 Å². The van der Waals surface area contributed by atoms with Crippen molar-refractivity contribution in [3.8, 4) is 11.8 Å². The molecule has 0 aliphatic heterocycles. The van der Waals surface area contributed by atoms with E-state index in [1.54, 1.807) is 4.57 Å². The Morgan fingerprint density at radius 1 is 1.11 bits per heavy atom. The Labute approximate surface area is 161 Å². The van der Waals surface area contributed by atoms with Crippen molar-refractivity contribution in [2.75, 3.05) is 13.1 Å². The quantitative estimate of drug-likeness (QED) is 0.448. The maximum absolute atomic E-state index is 11.5. The second-order valence-electron chi connectivity index (χ2n) is 7.12. The van der Waals surface area contributed by atoms with Gasteiger partial charge in [0.05, 0.1) is 10.2 Å². The Balaban J connectivity index is 1.21. The third-order valence-electron chi connectivity index (χ3n) is 5.35. The van der Waals surface area contributed by atoms with Crippen LogP contribution in [0.5, 0.6) is 11.8 Å². The lowest BCUT2D eigenvalue weighted by molar-refractivity contribution is 0.357. The van der Waals surface area contributed by atoms with Crippen LogP contribution in [0, 0.1) is 0 Å². The number of hydrogen-bond acceptors (Lipinski definition) is 5. The molecule has 0 saturated heterocycles. The molecule has 2 heterocycles. The number of aromatic nitrogens is 2. The molecule has 144 valence electrons. The lowest BCUT2D eigenvalue weighted by Gasteiger charge is -2.09. The van der Waals surface area contributed by atoms with Crippen molar-refractivity contribution in [3.63, 3.8) is 0 Å². The number of rotatable bonds is 8. The van der Waals surface area contributed by atoms with E-state index in [-0.39, 0.29) is 16.6 Å². The van der Waals surface area contributed by atoms with Gasteiger partial charge in [-0.15, -0.1) is 0 Å². The molecule has 0 amide bonds. The maximum Gasteiger partial charge on any atom is 0.305 e. The van der Waals surface area contributed by atoms with Gasteiger partial charge in [0.15, 0.2) is 11.8 Å². The minimum Gasteiger partial charge on any atom is -0.494 e. The largest absolute Gasteiger partial charge is 0.494 e. The molecular formula is C20H25N3O3S. The second-order valence-corrected chi connectivity index (χ2v) is 8.11. The number of aromatic amines is 1. The number of aromatic hydroxyl groups is 2. The topological polar surface area (TPSA) is 90.3 Å². The van der Waals surface area contributed by atoms with Crippen LogP contribution in [0.15, 0.2) is 23.0 Å². The van der Waals surface area contributed by atoms with E-state index < -0.39 is 0 Å². The summed E-state index contributed by atoms with van der Waals surface area (Å²) in [6.07, 6.45) is 5.51. The first-order chi connectivity index (χ1) is 13.1. The number of H-pyrrole nitrogens is 1. The molecule has 0 spiro atoms. The molecule has 0 atom stereocenters. The zero-order chi connectivity index (χ0) is 18.8. The fourth-order valence-corrected chi connectivity index (χ4v) is 4.85. The lowest BCUT2D eigenvalue weighted by Crippen LogP contribution is -2.19. The summed E-state index contributed by atoms with van der Waals surface area (Å²) in [7, 11) is 0. The minimum atomic E-state index is -0.00657. The first-order valence-electron chi connectivity index (χ1n) is 9.58. The van der Waals surface area contributed by atoms with Crippen LogP contribution in [0.2, 0.25) is 0 Å². The van der Waals surface area contributed by atoms with Crippen LogP contribution in [-0.2, 0) is 25.8 Å². The Morgan fingerprint density at radius 2 is 1.89 bits per heavy atom. The smallest absolute Gasteiger partial charge is 0.305 e. The van der Waals surface area contributed by atoms with Crippen molar-refractivity contribution < 1.29 is 10.2 Å². The molecule has 2 aromatic heterocycles. The first kappa shape index (κ1) is 18.1. The number of thiazole rings is 1. The fourth-order valence-electron chi connectivity index (χ4n) is 3.97. The van der Waals surface area contributed by atoms with E-state index >= 15 is 0 Å². The predicted molar refractivity (Wildman–Crippen MR) is 108 cm³/mol. The molecule has 1 aliphatic rings. The van der Waals surface area contributed by atoms with E-state index in [2.05, 4.69) is 16.4 Å². The predicted octanol–water partition coefficient (Wildman–Crippen LogP) is 2.90. The SMILES string of the molecule is O=c1[nH]c2cccc(CCNCCCCn3c(O)c4c(c3O)CCC4)c2s1. The van der Waals surface area contributed by atoms with Gasteiger partial charge in [0.2, 0.25) is 0 Å². The van der Waals surface area contributed by atoms with Crippen molar-refractivity contribution in [3.05, 3.63) is 44.6 Å². The van der Waals surface area contributed by atoms with Crippen molar-refractivity contribution >= 4 is 21.6 Å². The Hall–Kier alpha value is -2.25. The molecule has 4 rings (SSSR count). The van der Waals surface area contributed by atoms with Gasteiger partial charge < -0.3 is 20.5 Å². The molecular weight excluding hydrogens is 362 g/mol. The summed E-state index contributed by atoms with van der Waals surface area (Å²) in [6, 6.07) is 5.99. The van der Waals surface area contributed by atoms with E-state index in [0.717, 1.165) is 73.0 Å². The van der Waals surface area contributed by atoms with Crippen LogP contribution in [0.25, 0.3) is 10.2 Å². The summed E-state index contributed by atoms with van der Waals surface area (Å²) >= 11 is 1.27. The highest BCUT2D eigenvalue weighted by molar-refractivity contribution is 7.16. The van der Waals surface area contributed by atoms with E-state index in [4.69, 9.17) is 0 Å². The average molecular weight is 388 g/mol. The van der Waals surface area contributed by atoms with Crippen LogP contribution in [0.4, 0.5) is 0 Å². The molecule has 0 bridgehead atoms. The molecule has 4 N–H and O–H groups in total. The van der Waals surface area contributed by atoms with Gasteiger partial charge in [0.1, 0.15) is 0 Å². The fraction of sp³-hybridized carbons (Fsp3) is 0.450. The van der Waals surface area contributed by atoms with Gasteiger partial charge in [-0.1, -0.05) is 23.5 Å².